The molecule has 3 aromatic heterocycles. The van der Waals surface area contributed by atoms with Crippen molar-refractivity contribution >= 4 is 27.8 Å². The van der Waals surface area contributed by atoms with E-state index in [-0.39, 0.29) is 0 Å². The van der Waals surface area contributed by atoms with Gasteiger partial charge in [0.25, 0.3) is 0 Å². The van der Waals surface area contributed by atoms with Gasteiger partial charge < -0.3 is 10.2 Å². The fourth-order valence-electron chi connectivity index (χ4n) is 1.22. The van der Waals surface area contributed by atoms with Crippen molar-refractivity contribution in [2.75, 3.05) is 5.73 Å². The normalized spacial score (nSPS) is 10.8. The minimum atomic E-state index is 0.447. The molecule has 0 fully saturated rings. The Hall–Kier alpha value is -1.73. The number of nitrogens with two attached hydrogens (primary N) is 1. The molecule has 3 rings (SSSR count). The van der Waals surface area contributed by atoms with Crippen LogP contribution in [0.5, 0.6) is 0 Å². The number of furan rings is 1. The first-order chi connectivity index (χ1) is 7.83. The molecule has 0 atom stereocenters. The molecule has 0 saturated heterocycles. The number of anilines is 1. The molecule has 2 N–H and O–H groups in total. The Kier molecular flexibility index (Phi) is 2.19. The van der Waals surface area contributed by atoms with Crippen LogP contribution in [0, 0.1) is 0 Å². The van der Waals surface area contributed by atoms with Crippen molar-refractivity contribution in [2.24, 2.45) is 0 Å². The molecule has 3 aromatic rings. The van der Waals surface area contributed by atoms with Crippen molar-refractivity contribution in [1.82, 2.24) is 15.2 Å². The zero-order valence-electron chi connectivity index (χ0n) is 7.95. The highest BCUT2D eigenvalue weighted by Gasteiger charge is 2.11. The highest BCUT2D eigenvalue weighted by Crippen LogP contribution is 2.30. The molecule has 5 nitrogen and oxygen atoms in total. The summed E-state index contributed by atoms with van der Waals surface area (Å²) >= 11 is 2.83. The van der Waals surface area contributed by atoms with E-state index in [2.05, 4.69) is 15.2 Å². The van der Waals surface area contributed by atoms with Crippen LogP contribution in [0.1, 0.15) is 0 Å². The van der Waals surface area contributed by atoms with Gasteiger partial charge in [-0.3, -0.25) is 0 Å². The summed E-state index contributed by atoms with van der Waals surface area (Å²) in [5.41, 5.74) is 6.30. The van der Waals surface area contributed by atoms with Crippen molar-refractivity contribution in [3.8, 4) is 21.5 Å². The average molecular weight is 250 g/mol. The van der Waals surface area contributed by atoms with Crippen LogP contribution in [-0.4, -0.2) is 15.2 Å². The second kappa shape index (κ2) is 3.69. The van der Waals surface area contributed by atoms with E-state index in [1.807, 2.05) is 17.5 Å². The van der Waals surface area contributed by atoms with Crippen LogP contribution in [0.25, 0.3) is 21.5 Å². The van der Waals surface area contributed by atoms with Gasteiger partial charge in [-0.1, -0.05) is 11.3 Å². The first kappa shape index (κ1) is 9.49. The summed E-state index contributed by atoms with van der Waals surface area (Å²) < 4.78 is 5.26. The zero-order chi connectivity index (χ0) is 11.0. The fraction of sp³-hybridized carbons (Fsp3) is 0. The third kappa shape index (κ3) is 1.59. The smallest absolute Gasteiger partial charge is 0.203 e. The number of aromatic nitrogens is 3. The van der Waals surface area contributed by atoms with E-state index in [1.54, 1.807) is 6.26 Å². The minimum absolute atomic E-state index is 0.447. The van der Waals surface area contributed by atoms with Crippen LogP contribution in [-0.2, 0) is 0 Å². The Labute approximate surface area is 98.6 Å². The SMILES string of the molecule is Nc1nnc(-c2csc(-c3ccco3)n2)s1. The van der Waals surface area contributed by atoms with Crippen molar-refractivity contribution < 1.29 is 4.42 Å². The summed E-state index contributed by atoms with van der Waals surface area (Å²) in [5, 5.41) is 11.6. The van der Waals surface area contributed by atoms with Crippen molar-refractivity contribution in [3.63, 3.8) is 0 Å². The number of thiazole rings is 1. The Morgan fingerprint density at radius 2 is 2.19 bits per heavy atom. The molecule has 0 amide bonds. The number of nitrogens with zero attached hydrogens (tertiary/aromatic N) is 3. The summed E-state index contributed by atoms with van der Waals surface area (Å²) in [5.74, 6) is 0.758. The third-order valence-electron chi connectivity index (χ3n) is 1.90. The summed E-state index contributed by atoms with van der Waals surface area (Å²) in [4.78, 5) is 4.41. The molecule has 0 aliphatic heterocycles. The molecule has 3 heterocycles. The maximum absolute atomic E-state index is 5.52. The molecule has 0 bridgehead atoms. The van der Waals surface area contributed by atoms with Gasteiger partial charge >= 0.3 is 0 Å². The Morgan fingerprint density at radius 3 is 2.88 bits per heavy atom. The molecular formula is C9H6N4OS2. The van der Waals surface area contributed by atoms with Gasteiger partial charge in [0.2, 0.25) is 5.13 Å². The maximum atomic E-state index is 5.52. The van der Waals surface area contributed by atoms with Crippen molar-refractivity contribution in [3.05, 3.63) is 23.8 Å². The zero-order valence-corrected chi connectivity index (χ0v) is 9.59. The van der Waals surface area contributed by atoms with Gasteiger partial charge in [0.1, 0.15) is 5.69 Å². The van der Waals surface area contributed by atoms with Crippen LogP contribution in [0.15, 0.2) is 28.2 Å². The summed E-state index contributed by atoms with van der Waals surface area (Å²) in [6, 6.07) is 3.70. The van der Waals surface area contributed by atoms with Gasteiger partial charge in [-0.15, -0.1) is 21.5 Å². The van der Waals surface area contributed by atoms with Gasteiger partial charge in [0, 0.05) is 5.38 Å². The highest BCUT2D eigenvalue weighted by atomic mass is 32.1. The van der Waals surface area contributed by atoms with Crippen LogP contribution < -0.4 is 5.73 Å². The quantitative estimate of drug-likeness (QED) is 0.756. The summed E-state index contributed by atoms with van der Waals surface area (Å²) in [7, 11) is 0. The molecule has 0 radical (unpaired) electrons. The van der Waals surface area contributed by atoms with Crippen LogP contribution >= 0.6 is 22.7 Å². The van der Waals surface area contributed by atoms with Crippen LogP contribution in [0.2, 0.25) is 0 Å². The first-order valence-electron chi connectivity index (χ1n) is 4.42. The van der Waals surface area contributed by atoms with Gasteiger partial charge in [-0.05, 0) is 12.1 Å². The topological polar surface area (TPSA) is 77.8 Å². The van der Waals surface area contributed by atoms with E-state index < -0.39 is 0 Å². The molecule has 0 aromatic carbocycles. The number of hydrogen-bond acceptors (Lipinski definition) is 7. The van der Waals surface area contributed by atoms with E-state index in [0.29, 0.717) is 5.13 Å². The molecule has 16 heavy (non-hydrogen) atoms. The number of hydrogen-bond donors (Lipinski definition) is 1. The summed E-state index contributed by atoms with van der Waals surface area (Å²) in [6.45, 7) is 0. The Balaban J connectivity index is 2.00. The van der Waals surface area contributed by atoms with Gasteiger partial charge in [0.15, 0.2) is 15.8 Å². The molecule has 0 saturated carbocycles. The first-order valence-corrected chi connectivity index (χ1v) is 6.11. The predicted octanol–water partition coefficient (Wildman–Crippen LogP) is 2.50. The molecule has 7 heteroatoms. The minimum Gasteiger partial charge on any atom is -0.462 e. The Morgan fingerprint density at radius 1 is 1.25 bits per heavy atom. The number of nitrogen functional groups attached to an aromatic ring is 1. The lowest BCUT2D eigenvalue weighted by Gasteiger charge is -1.86. The lowest BCUT2D eigenvalue weighted by molar-refractivity contribution is 0.582. The standard InChI is InChI=1S/C9H6N4OS2/c10-9-13-12-7(16-9)5-4-15-8(11-5)6-2-1-3-14-6/h1-4H,(H2,10,13). The van der Waals surface area contributed by atoms with Gasteiger partial charge in [-0.2, -0.15) is 0 Å². The van der Waals surface area contributed by atoms with Crippen LogP contribution in [0.4, 0.5) is 5.13 Å². The van der Waals surface area contributed by atoms with E-state index >= 15 is 0 Å². The molecule has 0 unspecified atom stereocenters. The average Bonchev–Trinajstić information content (AvgIpc) is 2.97. The van der Waals surface area contributed by atoms with Crippen molar-refractivity contribution in [2.45, 2.75) is 0 Å². The van der Waals surface area contributed by atoms with E-state index in [0.717, 1.165) is 21.5 Å². The van der Waals surface area contributed by atoms with Gasteiger partial charge in [-0.25, -0.2) is 4.98 Å². The van der Waals surface area contributed by atoms with Crippen molar-refractivity contribution in [1.29, 1.82) is 0 Å². The van der Waals surface area contributed by atoms with Crippen LogP contribution in [0.3, 0.4) is 0 Å². The van der Waals surface area contributed by atoms with E-state index in [9.17, 15) is 0 Å². The molecule has 0 aliphatic carbocycles. The van der Waals surface area contributed by atoms with E-state index in [1.165, 1.54) is 22.7 Å². The Bertz CT molecular complexity index is 599. The molecular weight excluding hydrogens is 244 g/mol. The van der Waals surface area contributed by atoms with Gasteiger partial charge in [0.05, 0.1) is 6.26 Å². The predicted molar refractivity (Wildman–Crippen MR) is 63.1 cm³/mol. The number of rotatable bonds is 2. The fourth-order valence-corrected chi connectivity index (χ4v) is 2.64. The largest absolute Gasteiger partial charge is 0.462 e. The lowest BCUT2D eigenvalue weighted by Crippen LogP contribution is -1.80. The monoisotopic (exact) mass is 250 g/mol. The molecule has 0 aliphatic rings. The maximum Gasteiger partial charge on any atom is 0.203 e. The highest BCUT2D eigenvalue weighted by molar-refractivity contribution is 7.19. The second-order valence-corrected chi connectivity index (χ2v) is 4.83. The third-order valence-corrected chi connectivity index (χ3v) is 3.53. The molecule has 0 spiro atoms. The van der Waals surface area contributed by atoms with E-state index in [4.69, 9.17) is 10.2 Å². The summed E-state index contributed by atoms with van der Waals surface area (Å²) in [6.07, 6.45) is 1.62. The lowest BCUT2D eigenvalue weighted by atomic mass is 10.4. The second-order valence-electron chi connectivity index (χ2n) is 2.96. The molecule has 80 valence electrons.